The standard InChI is InChI=1S/C18H32O7P2/c1-8-18(26(20,21)22,27(23,24)25)11-12-9-13(16(2,3)4)15(19)14(10-12)17(5,6)7/h9-10,19H,8,11H2,1-7H3,(H2,20,21,22)(H2,23,24,25). The third-order valence-corrected chi connectivity index (χ3v) is 9.60. The highest BCUT2D eigenvalue weighted by molar-refractivity contribution is 7.72. The van der Waals surface area contributed by atoms with Crippen LogP contribution in [0.1, 0.15) is 71.6 Å². The molecule has 0 radical (unpaired) electrons. The molecule has 0 spiro atoms. The van der Waals surface area contributed by atoms with Crippen LogP contribution in [0.5, 0.6) is 5.75 Å². The number of benzene rings is 1. The average Bonchev–Trinajstić information content (AvgIpc) is 2.40. The van der Waals surface area contributed by atoms with Crippen LogP contribution in [0, 0.1) is 0 Å². The van der Waals surface area contributed by atoms with E-state index in [9.17, 15) is 33.8 Å². The van der Waals surface area contributed by atoms with E-state index < -0.39 is 43.8 Å². The van der Waals surface area contributed by atoms with Gasteiger partial charge in [-0.2, -0.15) is 0 Å². The summed E-state index contributed by atoms with van der Waals surface area (Å²) in [7, 11) is -10.3. The van der Waals surface area contributed by atoms with Gasteiger partial charge in [-0.3, -0.25) is 9.13 Å². The first-order chi connectivity index (χ1) is 11.8. The van der Waals surface area contributed by atoms with E-state index in [1.807, 2.05) is 41.5 Å². The molecule has 0 aliphatic carbocycles. The van der Waals surface area contributed by atoms with Gasteiger partial charge in [-0.15, -0.1) is 0 Å². The van der Waals surface area contributed by atoms with Crippen molar-refractivity contribution in [2.75, 3.05) is 0 Å². The molecule has 0 unspecified atom stereocenters. The largest absolute Gasteiger partial charge is 0.507 e. The van der Waals surface area contributed by atoms with E-state index in [1.165, 1.54) is 6.92 Å². The van der Waals surface area contributed by atoms with Crippen molar-refractivity contribution in [3.05, 3.63) is 28.8 Å². The third kappa shape index (κ3) is 4.84. The normalized spacial score (nSPS) is 14.5. The summed E-state index contributed by atoms with van der Waals surface area (Å²) in [5.74, 6) is 0.0909. The van der Waals surface area contributed by atoms with Gasteiger partial charge in [-0.05, 0) is 33.9 Å². The van der Waals surface area contributed by atoms with Crippen LogP contribution in [0.3, 0.4) is 0 Å². The van der Waals surface area contributed by atoms with Gasteiger partial charge in [0.25, 0.3) is 0 Å². The van der Waals surface area contributed by atoms with Gasteiger partial charge >= 0.3 is 15.2 Å². The number of hydrogen-bond donors (Lipinski definition) is 5. The van der Waals surface area contributed by atoms with E-state index in [1.54, 1.807) is 12.1 Å². The van der Waals surface area contributed by atoms with Crippen LogP contribution in [0.25, 0.3) is 0 Å². The fourth-order valence-corrected chi connectivity index (χ4v) is 6.14. The zero-order chi connectivity index (χ0) is 21.6. The Kier molecular flexibility index (Phi) is 6.58. The molecule has 0 bridgehead atoms. The lowest BCUT2D eigenvalue weighted by Crippen LogP contribution is -2.31. The van der Waals surface area contributed by atoms with Crippen molar-refractivity contribution in [3.63, 3.8) is 0 Å². The van der Waals surface area contributed by atoms with Gasteiger partial charge < -0.3 is 24.7 Å². The fourth-order valence-electron chi connectivity index (χ4n) is 3.18. The molecule has 5 N–H and O–H groups in total. The molecule has 0 aliphatic rings. The van der Waals surface area contributed by atoms with E-state index in [4.69, 9.17) is 0 Å². The number of phenols is 1. The van der Waals surface area contributed by atoms with Gasteiger partial charge in [0, 0.05) is 6.42 Å². The Balaban J connectivity index is 3.81. The summed E-state index contributed by atoms with van der Waals surface area (Å²) in [6.45, 7) is 12.7. The summed E-state index contributed by atoms with van der Waals surface area (Å²) >= 11 is 0. The molecule has 7 nitrogen and oxygen atoms in total. The van der Waals surface area contributed by atoms with Crippen molar-refractivity contribution < 1.29 is 33.8 Å². The lowest BCUT2D eigenvalue weighted by molar-refractivity contribution is 0.302. The maximum atomic E-state index is 12.1. The maximum absolute atomic E-state index is 12.1. The first kappa shape index (κ1) is 24.4. The number of hydrogen-bond acceptors (Lipinski definition) is 3. The van der Waals surface area contributed by atoms with E-state index >= 15 is 0 Å². The Morgan fingerprint density at radius 3 is 1.37 bits per heavy atom. The molecule has 156 valence electrons. The van der Waals surface area contributed by atoms with E-state index in [0.29, 0.717) is 16.7 Å². The quantitative estimate of drug-likeness (QED) is 0.453. The van der Waals surface area contributed by atoms with Crippen molar-refractivity contribution >= 4 is 15.2 Å². The molecular weight excluding hydrogens is 390 g/mol. The second kappa shape index (κ2) is 7.29. The highest BCUT2D eigenvalue weighted by Gasteiger charge is 2.58. The van der Waals surface area contributed by atoms with Gasteiger partial charge in [-0.1, -0.05) is 60.6 Å². The lowest BCUT2D eigenvalue weighted by Gasteiger charge is -2.35. The molecule has 0 amide bonds. The Hall–Kier alpha value is -0.680. The van der Waals surface area contributed by atoms with Crippen LogP contribution in [0.2, 0.25) is 0 Å². The van der Waals surface area contributed by atoms with Crippen molar-refractivity contribution in [1.82, 2.24) is 0 Å². The van der Waals surface area contributed by atoms with Gasteiger partial charge in [0.2, 0.25) is 0 Å². The molecule has 9 heteroatoms. The van der Waals surface area contributed by atoms with Gasteiger partial charge in [0.05, 0.1) is 0 Å². The van der Waals surface area contributed by atoms with Crippen LogP contribution < -0.4 is 0 Å². The maximum Gasteiger partial charge on any atom is 0.344 e. The van der Waals surface area contributed by atoms with E-state index in [0.717, 1.165) is 0 Å². The van der Waals surface area contributed by atoms with Crippen molar-refractivity contribution in [3.8, 4) is 5.75 Å². The van der Waals surface area contributed by atoms with E-state index in [2.05, 4.69) is 0 Å². The number of aromatic hydroxyl groups is 1. The van der Waals surface area contributed by atoms with Gasteiger partial charge in [0.1, 0.15) is 5.75 Å². The highest BCUT2D eigenvalue weighted by atomic mass is 31.2. The zero-order valence-corrected chi connectivity index (χ0v) is 18.8. The molecule has 0 fully saturated rings. The van der Waals surface area contributed by atoms with Crippen LogP contribution in [-0.4, -0.2) is 29.6 Å². The monoisotopic (exact) mass is 422 g/mol. The Morgan fingerprint density at radius 2 is 1.15 bits per heavy atom. The highest BCUT2D eigenvalue weighted by Crippen LogP contribution is 2.71. The van der Waals surface area contributed by atoms with Crippen LogP contribution >= 0.6 is 15.2 Å². The third-order valence-electron chi connectivity index (χ3n) is 4.92. The van der Waals surface area contributed by atoms with Gasteiger partial charge in [-0.25, -0.2) is 0 Å². The Bertz CT molecular complexity index is 734. The predicted molar refractivity (Wildman–Crippen MR) is 106 cm³/mol. The predicted octanol–water partition coefficient (Wildman–Crippen LogP) is 3.99. The smallest absolute Gasteiger partial charge is 0.344 e. The fraction of sp³-hybridized carbons (Fsp3) is 0.667. The van der Waals surface area contributed by atoms with Gasteiger partial charge in [0.15, 0.2) is 4.90 Å². The molecule has 1 aromatic rings. The second-order valence-electron chi connectivity index (χ2n) is 9.14. The Morgan fingerprint density at radius 1 is 0.815 bits per heavy atom. The lowest BCUT2D eigenvalue weighted by atomic mass is 9.78. The SMILES string of the molecule is CCC(Cc1cc(C(C)(C)C)c(O)c(C(C)(C)C)c1)(P(=O)(O)O)P(=O)(O)O. The van der Waals surface area contributed by atoms with E-state index in [-0.39, 0.29) is 5.75 Å². The molecule has 0 saturated heterocycles. The topological polar surface area (TPSA) is 135 Å². The summed E-state index contributed by atoms with van der Waals surface area (Å²) in [6.07, 6.45) is -0.886. The van der Waals surface area contributed by atoms with Crippen LogP contribution in [0.4, 0.5) is 0 Å². The van der Waals surface area contributed by atoms with Crippen molar-refractivity contribution in [1.29, 1.82) is 0 Å². The van der Waals surface area contributed by atoms with Crippen LogP contribution in [0.15, 0.2) is 12.1 Å². The minimum absolute atomic E-state index is 0.0909. The first-order valence-corrected chi connectivity index (χ1v) is 12.0. The molecular formula is C18H32O7P2. The summed E-state index contributed by atoms with van der Waals surface area (Å²) < 4.78 is 24.2. The molecule has 0 atom stereocenters. The molecule has 27 heavy (non-hydrogen) atoms. The first-order valence-electron chi connectivity index (χ1n) is 8.76. The van der Waals surface area contributed by atoms with Crippen molar-refractivity contribution in [2.45, 2.75) is 77.0 Å². The number of phenolic OH excluding ortho intramolecular Hbond substituents is 1. The molecule has 0 aliphatic heterocycles. The minimum atomic E-state index is -5.14. The summed E-state index contributed by atoms with van der Waals surface area (Å²) in [5.41, 5.74) is 0.548. The minimum Gasteiger partial charge on any atom is -0.507 e. The Labute approximate surface area is 161 Å². The molecule has 1 rings (SSSR count). The summed E-state index contributed by atoms with van der Waals surface area (Å²) in [6, 6.07) is 3.17. The molecule has 0 saturated carbocycles. The molecule has 0 aromatic heterocycles. The number of rotatable bonds is 5. The van der Waals surface area contributed by atoms with Crippen LogP contribution in [-0.2, 0) is 26.4 Å². The second-order valence-corrected chi connectivity index (χ2v) is 13.4. The summed E-state index contributed by atoms with van der Waals surface area (Å²) in [4.78, 5) is 36.7. The zero-order valence-electron chi connectivity index (χ0n) is 17.0. The average molecular weight is 422 g/mol. The molecule has 1 aromatic carbocycles. The summed E-state index contributed by atoms with van der Waals surface area (Å²) in [5, 5.41) is 10.8. The van der Waals surface area contributed by atoms with Crippen molar-refractivity contribution in [2.24, 2.45) is 0 Å². The molecule has 0 heterocycles.